The highest BCUT2D eigenvalue weighted by molar-refractivity contribution is 9.10. The number of sulfonamides is 1. The Morgan fingerprint density at radius 1 is 0.911 bits per heavy atom. The second kappa shape index (κ2) is 15.5. The van der Waals surface area contributed by atoms with Crippen molar-refractivity contribution in [2.75, 3.05) is 10.8 Å². The number of benzene rings is 4. The smallest absolute Gasteiger partial charge is 0.264 e. The molecule has 2 amide bonds. The second-order valence-electron chi connectivity index (χ2n) is 10.6. The molecule has 0 heterocycles. The van der Waals surface area contributed by atoms with Gasteiger partial charge < -0.3 is 10.2 Å². The minimum Gasteiger partial charge on any atom is -0.352 e. The number of hydrogen-bond donors (Lipinski definition) is 1. The molecule has 0 spiro atoms. The molecule has 0 aliphatic heterocycles. The summed E-state index contributed by atoms with van der Waals surface area (Å²) in [4.78, 5) is 29.7. The minimum atomic E-state index is -4.32. The summed E-state index contributed by atoms with van der Waals surface area (Å²) in [5.41, 5.74) is 1.56. The van der Waals surface area contributed by atoms with Gasteiger partial charge in [-0.15, -0.1) is 0 Å². The zero-order valence-corrected chi connectivity index (χ0v) is 28.0. The van der Waals surface area contributed by atoms with E-state index in [-0.39, 0.29) is 40.5 Å². The Balaban J connectivity index is 1.82. The molecular formula is C34H34BrClFN3O4S. The van der Waals surface area contributed by atoms with Crippen LogP contribution >= 0.6 is 27.5 Å². The van der Waals surface area contributed by atoms with Gasteiger partial charge in [0.05, 0.1) is 15.6 Å². The van der Waals surface area contributed by atoms with E-state index in [0.717, 1.165) is 26.0 Å². The van der Waals surface area contributed by atoms with Gasteiger partial charge in [-0.2, -0.15) is 0 Å². The van der Waals surface area contributed by atoms with E-state index in [4.69, 9.17) is 11.6 Å². The molecule has 4 aromatic rings. The SMILES string of the molecule is CC[C@H](C)NC(=O)[C@H](Cc1ccccc1)N(Cc1cccc(Br)c1)C(=O)CN(c1ccc(F)c(Cl)c1)S(=O)(=O)c1ccccc1. The van der Waals surface area contributed by atoms with Crippen molar-refractivity contribution in [3.63, 3.8) is 0 Å². The molecule has 7 nitrogen and oxygen atoms in total. The summed E-state index contributed by atoms with van der Waals surface area (Å²) in [6.45, 7) is 3.17. The summed E-state index contributed by atoms with van der Waals surface area (Å²) >= 11 is 9.54. The van der Waals surface area contributed by atoms with Crippen molar-refractivity contribution in [3.8, 4) is 0 Å². The van der Waals surface area contributed by atoms with Crippen molar-refractivity contribution in [2.45, 2.75) is 50.2 Å². The van der Waals surface area contributed by atoms with Crippen LogP contribution in [0.4, 0.5) is 10.1 Å². The lowest BCUT2D eigenvalue weighted by molar-refractivity contribution is -0.140. The van der Waals surface area contributed by atoms with Crippen molar-refractivity contribution in [3.05, 3.63) is 130 Å². The molecular weight excluding hydrogens is 681 g/mol. The van der Waals surface area contributed by atoms with Crippen LogP contribution in [0.2, 0.25) is 5.02 Å². The average molecular weight is 715 g/mol. The maximum Gasteiger partial charge on any atom is 0.264 e. The molecule has 236 valence electrons. The van der Waals surface area contributed by atoms with Gasteiger partial charge >= 0.3 is 0 Å². The van der Waals surface area contributed by atoms with Crippen molar-refractivity contribution >= 4 is 55.1 Å². The normalized spacial score (nSPS) is 12.6. The summed E-state index contributed by atoms with van der Waals surface area (Å²) in [7, 11) is -4.32. The van der Waals surface area contributed by atoms with Crippen LogP contribution in [0, 0.1) is 5.82 Å². The molecule has 0 aliphatic carbocycles. The second-order valence-corrected chi connectivity index (χ2v) is 13.8. The largest absolute Gasteiger partial charge is 0.352 e. The molecule has 4 aromatic carbocycles. The van der Waals surface area contributed by atoms with Crippen molar-refractivity contribution in [1.82, 2.24) is 10.2 Å². The Hall–Kier alpha value is -3.73. The van der Waals surface area contributed by atoms with Crippen molar-refractivity contribution in [1.29, 1.82) is 0 Å². The number of nitrogens with zero attached hydrogens (tertiary/aromatic N) is 2. The molecule has 0 bridgehead atoms. The fraction of sp³-hybridized carbons (Fsp3) is 0.235. The molecule has 0 saturated carbocycles. The molecule has 0 aromatic heterocycles. The number of carbonyl (C=O) groups is 2. The Bertz CT molecular complexity index is 1730. The maximum absolute atomic E-state index is 14.5. The highest BCUT2D eigenvalue weighted by Gasteiger charge is 2.35. The van der Waals surface area contributed by atoms with Crippen molar-refractivity contribution < 1.29 is 22.4 Å². The van der Waals surface area contributed by atoms with Gasteiger partial charge in [-0.25, -0.2) is 12.8 Å². The number of nitrogens with one attached hydrogen (secondary N) is 1. The number of anilines is 1. The maximum atomic E-state index is 14.5. The van der Waals surface area contributed by atoms with E-state index >= 15 is 0 Å². The van der Waals surface area contributed by atoms with Gasteiger partial charge in [0.25, 0.3) is 10.0 Å². The Morgan fingerprint density at radius 2 is 1.56 bits per heavy atom. The molecule has 4 rings (SSSR count). The topological polar surface area (TPSA) is 86.8 Å². The number of halogens is 3. The van der Waals surface area contributed by atoms with Gasteiger partial charge in [0.1, 0.15) is 18.4 Å². The van der Waals surface area contributed by atoms with Crippen molar-refractivity contribution in [2.24, 2.45) is 0 Å². The summed E-state index contributed by atoms with van der Waals surface area (Å²) in [6, 6.07) is 26.6. The van der Waals surface area contributed by atoms with Crippen LogP contribution in [-0.4, -0.2) is 43.8 Å². The third-order valence-electron chi connectivity index (χ3n) is 7.32. The lowest BCUT2D eigenvalue weighted by Gasteiger charge is -2.34. The average Bonchev–Trinajstić information content (AvgIpc) is 3.03. The lowest BCUT2D eigenvalue weighted by atomic mass is 10.0. The van der Waals surface area contributed by atoms with E-state index in [0.29, 0.717) is 6.42 Å². The lowest BCUT2D eigenvalue weighted by Crippen LogP contribution is -2.54. The molecule has 0 saturated heterocycles. The zero-order valence-electron chi connectivity index (χ0n) is 24.9. The quantitative estimate of drug-likeness (QED) is 0.162. The van der Waals surface area contributed by atoms with Crippen LogP contribution in [0.3, 0.4) is 0 Å². The molecule has 2 atom stereocenters. The zero-order chi connectivity index (χ0) is 32.6. The van der Waals surface area contributed by atoms with E-state index < -0.39 is 34.3 Å². The number of amides is 2. The van der Waals surface area contributed by atoms with E-state index in [1.54, 1.807) is 18.2 Å². The molecule has 1 N–H and O–H groups in total. The van der Waals surface area contributed by atoms with E-state index in [1.807, 2.05) is 68.4 Å². The monoisotopic (exact) mass is 713 g/mol. The summed E-state index contributed by atoms with van der Waals surface area (Å²) in [6.07, 6.45) is 0.870. The first-order valence-corrected chi connectivity index (χ1v) is 17.0. The van der Waals surface area contributed by atoms with Gasteiger partial charge in [0, 0.05) is 23.5 Å². The van der Waals surface area contributed by atoms with Crippen LogP contribution in [0.25, 0.3) is 0 Å². The van der Waals surface area contributed by atoms with Gasteiger partial charge in [-0.05, 0) is 66.9 Å². The number of rotatable bonds is 13. The molecule has 0 aliphatic rings. The van der Waals surface area contributed by atoms with Crippen LogP contribution in [0.15, 0.2) is 112 Å². The van der Waals surface area contributed by atoms with Crippen LogP contribution in [0.5, 0.6) is 0 Å². The summed E-state index contributed by atoms with van der Waals surface area (Å²) in [5, 5.41) is 2.71. The summed E-state index contributed by atoms with van der Waals surface area (Å²) in [5.74, 6) is -1.72. The molecule has 45 heavy (non-hydrogen) atoms. The first-order chi connectivity index (χ1) is 21.5. The first-order valence-electron chi connectivity index (χ1n) is 14.4. The predicted octanol–water partition coefficient (Wildman–Crippen LogP) is 6.99. The third kappa shape index (κ3) is 8.93. The van der Waals surface area contributed by atoms with Crippen LogP contribution in [-0.2, 0) is 32.6 Å². The minimum absolute atomic E-state index is 0.00433. The van der Waals surface area contributed by atoms with E-state index in [9.17, 15) is 22.4 Å². The standard InChI is InChI=1S/C34H34BrClFN3O4S/c1-3-24(2)38-34(42)32(20-25-11-6-4-7-12-25)39(22-26-13-10-14-27(35)19-26)33(41)23-40(28-17-18-31(37)30(36)21-28)45(43,44)29-15-8-5-9-16-29/h4-19,21,24,32H,3,20,22-23H2,1-2H3,(H,38,42)/t24-,32-/m0/s1. The predicted molar refractivity (Wildman–Crippen MR) is 179 cm³/mol. The Labute approximate surface area is 277 Å². The summed E-state index contributed by atoms with van der Waals surface area (Å²) < 4.78 is 43.8. The Kier molecular flexibility index (Phi) is 11.8. The van der Waals surface area contributed by atoms with Gasteiger partial charge in [-0.3, -0.25) is 13.9 Å². The first kappa shape index (κ1) is 34.1. The van der Waals surface area contributed by atoms with E-state index in [2.05, 4.69) is 21.2 Å². The molecule has 0 fully saturated rings. The van der Waals surface area contributed by atoms with Crippen LogP contribution in [0.1, 0.15) is 31.4 Å². The fourth-order valence-corrected chi connectivity index (χ4v) is 6.76. The highest BCUT2D eigenvalue weighted by Crippen LogP contribution is 2.28. The fourth-order valence-electron chi connectivity index (χ4n) is 4.72. The molecule has 0 radical (unpaired) electrons. The number of hydrogen-bond acceptors (Lipinski definition) is 4. The van der Waals surface area contributed by atoms with Gasteiger partial charge in [0.2, 0.25) is 11.8 Å². The van der Waals surface area contributed by atoms with Crippen LogP contribution < -0.4 is 9.62 Å². The number of carbonyl (C=O) groups excluding carboxylic acids is 2. The van der Waals surface area contributed by atoms with Gasteiger partial charge in [-0.1, -0.05) is 95.1 Å². The Morgan fingerprint density at radius 3 is 2.18 bits per heavy atom. The third-order valence-corrected chi connectivity index (χ3v) is 9.89. The molecule has 0 unspecified atom stereocenters. The highest BCUT2D eigenvalue weighted by atomic mass is 79.9. The molecule has 11 heteroatoms. The van der Waals surface area contributed by atoms with Gasteiger partial charge in [0.15, 0.2) is 0 Å². The van der Waals surface area contributed by atoms with E-state index in [1.165, 1.54) is 29.2 Å².